The van der Waals surface area contributed by atoms with Crippen LogP contribution < -0.4 is 0 Å². The molecule has 0 bridgehead atoms. The summed E-state index contributed by atoms with van der Waals surface area (Å²) in [7, 11) is -9.99. The first kappa shape index (κ1) is 92.7. The predicted molar refractivity (Wildman–Crippen MR) is 399 cm³/mol. The zero-order valence-corrected chi connectivity index (χ0v) is 62.2. The lowest BCUT2D eigenvalue weighted by Gasteiger charge is -2.21. The quantitative estimate of drug-likeness (QED) is 0.0169. The Labute approximate surface area is 591 Å². The van der Waals surface area contributed by atoms with E-state index in [-0.39, 0.29) is 25.7 Å². The highest BCUT2D eigenvalue weighted by Gasteiger charge is 2.30. The normalized spacial score (nSPS) is 14.9. The van der Waals surface area contributed by atoms with Crippen molar-refractivity contribution in [2.75, 3.05) is 39.6 Å². The Hall–Kier alpha value is -5.32. The van der Waals surface area contributed by atoms with Crippen LogP contribution in [0.4, 0.5) is 0 Å². The van der Waals surface area contributed by atoms with Gasteiger partial charge in [-0.2, -0.15) is 0 Å². The molecule has 0 saturated heterocycles. The van der Waals surface area contributed by atoms with Gasteiger partial charge < -0.3 is 33.8 Å². The van der Waals surface area contributed by atoms with Crippen LogP contribution in [0.3, 0.4) is 0 Å². The molecule has 0 aliphatic rings. The first-order chi connectivity index (χ1) is 47.7. The molecule has 0 aliphatic heterocycles. The number of phosphoric ester groups is 2. The van der Waals surface area contributed by atoms with Crippen molar-refractivity contribution in [3.05, 3.63) is 158 Å². The second kappa shape index (κ2) is 70.1. The molecule has 0 saturated carbocycles. The number of rotatable bonds is 67. The number of hydrogen-bond donors (Lipinski definition) is 3. The van der Waals surface area contributed by atoms with Crippen molar-refractivity contribution in [3.8, 4) is 0 Å². The Morgan fingerprint density at radius 2 is 0.561 bits per heavy atom. The van der Waals surface area contributed by atoms with Gasteiger partial charge in [0.25, 0.3) is 0 Å². The number of carbonyl (C=O) groups is 4. The van der Waals surface area contributed by atoms with Gasteiger partial charge in [0.2, 0.25) is 0 Å². The minimum atomic E-state index is -5.00. The second-order valence-corrected chi connectivity index (χ2v) is 26.7. The van der Waals surface area contributed by atoms with Gasteiger partial charge in [-0.1, -0.05) is 243 Å². The fraction of sp³-hybridized carbons (Fsp3) is 0.620. The van der Waals surface area contributed by atoms with Crippen molar-refractivity contribution in [1.82, 2.24) is 0 Å². The average molecular weight is 1410 g/mol. The fourth-order valence-corrected chi connectivity index (χ4v) is 10.5. The van der Waals surface area contributed by atoms with Crippen molar-refractivity contribution < 1.29 is 80.2 Å². The first-order valence-electron chi connectivity index (χ1n) is 36.7. The van der Waals surface area contributed by atoms with Gasteiger partial charge in [-0.15, -0.1) is 0 Å². The van der Waals surface area contributed by atoms with Gasteiger partial charge in [-0.05, 0) is 148 Å². The molecule has 5 atom stereocenters. The van der Waals surface area contributed by atoms with E-state index < -0.39 is 97.5 Å². The van der Waals surface area contributed by atoms with Crippen LogP contribution in [0, 0.1) is 0 Å². The van der Waals surface area contributed by atoms with E-state index in [0.29, 0.717) is 38.5 Å². The zero-order chi connectivity index (χ0) is 71.8. The van der Waals surface area contributed by atoms with Gasteiger partial charge in [0.1, 0.15) is 19.3 Å². The Bertz CT molecular complexity index is 2480. The molecule has 5 unspecified atom stereocenters. The molecule has 17 nitrogen and oxygen atoms in total. The highest BCUT2D eigenvalue weighted by molar-refractivity contribution is 7.47. The molecular weight excluding hydrogens is 1280 g/mol. The van der Waals surface area contributed by atoms with Crippen molar-refractivity contribution in [1.29, 1.82) is 0 Å². The van der Waals surface area contributed by atoms with E-state index in [1.54, 1.807) is 0 Å². The minimum absolute atomic E-state index is 0.0599. The summed E-state index contributed by atoms with van der Waals surface area (Å²) in [5.41, 5.74) is 0. The summed E-state index contributed by atoms with van der Waals surface area (Å²) in [6.45, 7) is 4.34. The molecule has 0 fully saturated rings. The molecule has 0 rings (SSSR count). The smallest absolute Gasteiger partial charge is 0.462 e. The molecule has 98 heavy (non-hydrogen) atoms. The van der Waals surface area contributed by atoms with Crippen LogP contribution in [-0.4, -0.2) is 96.7 Å². The van der Waals surface area contributed by atoms with E-state index in [1.807, 2.05) is 24.3 Å². The second-order valence-electron chi connectivity index (χ2n) is 23.8. The van der Waals surface area contributed by atoms with Gasteiger partial charge in [-0.3, -0.25) is 37.3 Å². The Morgan fingerprint density at radius 1 is 0.296 bits per heavy atom. The third-order valence-electron chi connectivity index (χ3n) is 14.4. The number of ether oxygens (including phenoxy) is 4. The highest BCUT2D eigenvalue weighted by Crippen LogP contribution is 2.45. The minimum Gasteiger partial charge on any atom is -0.462 e. The molecule has 0 amide bonds. The Balaban J connectivity index is 5.44. The van der Waals surface area contributed by atoms with Gasteiger partial charge in [-0.25, -0.2) is 9.13 Å². The maximum Gasteiger partial charge on any atom is 0.472 e. The predicted octanol–water partition coefficient (Wildman–Crippen LogP) is 20.9. The molecule has 0 aromatic carbocycles. The number of hydrogen-bond acceptors (Lipinski definition) is 15. The van der Waals surface area contributed by atoms with Crippen LogP contribution in [0.1, 0.15) is 259 Å². The lowest BCUT2D eigenvalue weighted by atomic mass is 10.1. The topological polar surface area (TPSA) is 237 Å². The van der Waals surface area contributed by atoms with Crippen molar-refractivity contribution >= 4 is 39.5 Å². The maximum atomic E-state index is 13.1. The Morgan fingerprint density at radius 3 is 0.898 bits per heavy atom. The van der Waals surface area contributed by atoms with Crippen LogP contribution in [0.5, 0.6) is 0 Å². The van der Waals surface area contributed by atoms with E-state index in [0.717, 1.165) is 154 Å². The summed E-state index contributed by atoms with van der Waals surface area (Å²) >= 11 is 0. The van der Waals surface area contributed by atoms with E-state index in [4.69, 9.17) is 37.0 Å². The number of esters is 4. The van der Waals surface area contributed by atoms with Crippen LogP contribution in [-0.2, 0) is 65.4 Å². The summed E-state index contributed by atoms with van der Waals surface area (Å²) in [6, 6.07) is 0. The number of aliphatic hydroxyl groups is 1. The summed E-state index contributed by atoms with van der Waals surface area (Å²) < 4.78 is 68.2. The van der Waals surface area contributed by atoms with Crippen LogP contribution in [0.2, 0.25) is 0 Å². The van der Waals surface area contributed by atoms with Crippen LogP contribution >= 0.6 is 15.6 Å². The van der Waals surface area contributed by atoms with Crippen molar-refractivity contribution in [3.63, 3.8) is 0 Å². The molecule has 0 aromatic rings. The highest BCUT2D eigenvalue weighted by atomic mass is 31.2. The molecule has 0 aromatic heterocycles. The summed E-state index contributed by atoms with van der Waals surface area (Å²) in [5.74, 6) is -2.35. The molecule has 3 N–H and O–H groups in total. The summed E-state index contributed by atoms with van der Waals surface area (Å²) in [5, 5.41) is 10.6. The molecular formula is C79H128O17P2. The number of unbranched alkanes of at least 4 members (excludes halogenated alkanes) is 15. The average Bonchev–Trinajstić information content (AvgIpc) is 0.973. The van der Waals surface area contributed by atoms with Gasteiger partial charge in [0.15, 0.2) is 12.2 Å². The van der Waals surface area contributed by atoms with Crippen LogP contribution in [0.25, 0.3) is 0 Å². The van der Waals surface area contributed by atoms with Crippen molar-refractivity contribution in [2.24, 2.45) is 0 Å². The number of allylic oxidation sites excluding steroid dienone is 26. The SMILES string of the molecule is CC/C=C\C/C=C\C/C=C\C/C=C\C/C=C\CCCC(=O)OCC(COP(=O)(O)OCC(O)COP(=O)(O)OCC(COC(=O)CCC/C=C\C/C=C\C/C=C\C/C=C\C/C=C\CC)OC(=O)CCCCCCC/C=C\CCCC)OC(=O)CCCCCCC/C=C\C/C=C\CCC. The van der Waals surface area contributed by atoms with Crippen LogP contribution in [0.15, 0.2) is 158 Å². The maximum absolute atomic E-state index is 13.1. The van der Waals surface area contributed by atoms with E-state index >= 15 is 0 Å². The molecule has 0 radical (unpaired) electrons. The van der Waals surface area contributed by atoms with Gasteiger partial charge in [0.05, 0.1) is 26.4 Å². The summed E-state index contributed by atoms with van der Waals surface area (Å²) in [6.07, 6.45) is 79.8. The molecule has 19 heteroatoms. The fourth-order valence-electron chi connectivity index (χ4n) is 8.90. The van der Waals surface area contributed by atoms with Gasteiger partial charge >= 0.3 is 39.5 Å². The third-order valence-corrected chi connectivity index (χ3v) is 16.3. The molecule has 0 aliphatic carbocycles. The number of phosphoric acid groups is 2. The monoisotopic (exact) mass is 1410 g/mol. The lowest BCUT2D eigenvalue weighted by Crippen LogP contribution is -2.30. The van der Waals surface area contributed by atoms with E-state index in [9.17, 15) is 43.2 Å². The van der Waals surface area contributed by atoms with Crippen molar-refractivity contribution in [2.45, 2.75) is 277 Å². The standard InChI is InChI=1S/C79H128O17P2/c1-5-9-13-17-21-25-29-32-34-36-38-41-44-47-51-55-59-63-76(81)89-69-74(95-78(83)65-61-57-53-49-43-28-24-20-16-12-8-4)71-93-97(85,86)91-67-73(80)68-92-98(87,88)94-72-75(96-79(84)66-62-58-54-50-46-40-31-27-23-19-15-11-7-3)70-90-77(82)64-60-56-52-48-45-42-39-37-35-33-30-26-22-18-14-10-6-2/h9-10,13-15,19-22,24-27,31-35,38-39,41-42,47-48,51-52,73-75,80H,5-8,11-12,16-18,23,28-30,36-37,40,43-46,49-50,53-72H2,1-4H3,(H,85,86)(H,87,88)/b13-9-,14-10-,19-15-,24-20-,25-21-,26-22-,31-27-,34-32-,35-33-,41-38-,42-39-,51-47-,52-48-. The van der Waals surface area contributed by atoms with E-state index in [1.165, 1.54) is 12.8 Å². The third kappa shape index (κ3) is 69.2. The lowest BCUT2D eigenvalue weighted by molar-refractivity contribution is -0.161. The van der Waals surface area contributed by atoms with E-state index in [2.05, 4.69) is 161 Å². The summed E-state index contributed by atoms with van der Waals surface area (Å²) in [4.78, 5) is 72.7. The molecule has 0 heterocycles. The van der Waals surface area contributed by atoms with Gasteiger partial charge in [0, 0.05) is 25.7 Å². The zero-order valence-electron chi connectivity index (χ0n) is 60.4. The molecule has 0 spiro atoms. The number of aliphatic hydroxyl groups excluding tert-OH is 1. The number of carbonyl (C=O) groups excluding carboxylic acids is 4. The Kier molecular flexibility index (Phi) is 66.3. The molecule has 556 valence electrons. The largest absolute Gasteiger partial charge is 0.472 e. The first-order valence-corrected chi connectivity index (χ1v) is 39.7.